The zero-order valence-electron chi connectivity index (χ0n) is 10.9. The maximum absolute atomic E-state index is 11.7. The SMILES string of the molecule is CCOC(=O)CC1(N(CC)CC)CCCC1. The zero-order valence-corrected chi connectivity index (χ0v) is 10.9. The molecule has 1 aliphatic carbocycles. The highest BCUT2D eigenvalue weighted by Gasteiger charge is 2.40. The average Bonchev–Trinajstić information content (AvgIpc) is 2.69. The van der Waals surface area contributed by atoms with Gasteiger partial charge in [-0.25, -0.2) is 0 Å². The van der Waals surface area contributed by atoms with Crippen molar-refractivity contribution in [3.05, 3.63) is 0 Å². The number of ether oxygens (including phenoxy) is 1. The molecular formula is C13H25NO2. The molecule has 0 radical (unpaired) electrons. The van der Waals surface area contributed by atoms with E-state index in [-0.39, 0.29) is 11.5 Å². The van der Waals surface area contributed by atoms with Crippen LogP contribution in [-0.4, -0.2) is 36.1 Å². The van der Waals surface area contributed by atoms with Crippen LogP contribution in [0.15, 0.2) is 0 Å². The Bertz CT molecular complexity index is 218. The van der Waals surface area contributed by atoms with Gasteiger partial charge in [-0.15, -0.1) is 0 Å². The van der Waals surface area contributed by atoms with Crippen LogP contribution in [0.2, 0.25) is 0 Å². The highest BCUT2D eigenvalue weighted by atomic mass is 16.5. The van der Waals surface area contributed by atoms with Crippen LogP contribution in [0.4, 0.5) is 0 Å². The summed E-state index contributed by atoms with van der Waals surface area (Å²) in [5.41, 5.74) is 0.0930. The molecule has 94 valence electrons. The van der Waals surface area contributed by atoms with Gasteiger partial charge in [0.05, 0.1) is 13.0 Å². The summed E-state index contributed by atoms with van der Waals surface area (Å²) in [5.74, 6) is -0.0312. The van der Waals surface area contributed by atoms with Gasteiger partial charge in [0.25, 0.3) is 0 Å². The molecule has 0 aromatic heterocycles. The molecule has 1 aliphatic rings. The minimum absolute atomic E-state index is 0.0312. The molecule has 0 spiro atoms. The summed E-state index contributed by atoms with van der Waals surface area (Å²) in [6.45, 7) is 8.76. The zero-order chi connectivity index (χ0) is 12.0. The predicted molar refractivity (Wildman–Crippen MR) is 65.4 cm³/mol. The standard InChI is InChI=1S/C13H25NO2/c1-4-14(5-2)13(9-7-8-10-13)11-12(15)16-6-3/h4-11H2,1-3H3. The lowest BCUT2D eigenvalue weighted by atomic mass is 9.91. The smallest absolute Gasteiger partial charge is 0.307 e. The molecule has 3 heteroatoms. The summed E-state index contributed by atoms with van der Waals surface area (Å²) < 4.78 is 5.10. The van der Waals surface area contributed by atoms with E-state index < -0.39 is 0 Å². The number of nitrogens with zero attached hydrogens (tertiary/aromatic N) is 1. The first kappa shape index (κ1) is 13.5. The molecule has 0 atom stereocenters. The quantitative estimate of drug-likeness (QED) is 0.653. The van der Waals surface area contributed by atoms with Gasteiger partial charge in [-0.3, -0.25) is 9.69 Å². The second kappa shape index (κ2) is 6.24. The molecule has 3 nitrogen and oxygen atoms in total. The van der Waals surface area contributed by atoms with E-state index in [0.29, 0.717) is 13.0 Å². The monoisotopic (exact) mass is 227 g/mol. The van der Waals surface area contributed by atoms with Crippen LogP contribution in [0.3, 0.4) is 0 Å². The Morgan fingerprint density at radius 1 is 1.19 bits per heavy atom. The molecule has 1 saturated carbocycles. The van der Waals surface area contributed by atoms with Crippen LogP contribution in [0, 0.1) is 0 Å². The Kier molecular flexibility index (Phi) is 5.26. The second-order valence-electron chi connectivity index (χ2n) is 4.59. The Balaban J connectivity index is 2.68. The average molecular weight is 227 g/mol. The minimum Gasteiger partial charge on any atom is -0.466 e. The molecular weight excluding hydrogens is 202 g/mol. The lowest BCUT2D eigenvalue weighted by Crippen LogP contribution is -2.48. The molecule has 0 amide bonds. The fourth-order valence-electron chi connectivity index (χ4n) is 3.01. The number of hydrogen-bond donors (Lipinski definition) is 0. The van der Waals surface area contributed by atoms with Crippen LogP contribution >= 0.6 is 0 Å². The largest absolute Gasteiger partial charge is 0.466 e. The van der Waals surface area contributed by atoms with E-state index in [9.17, 15) is 4.79 Å². The summed E-state index contributed by atoms with van der Waals surface area (Å²) >= 11 is 0. The molecule has 0 saturated heterocycles. The van der Waals surface area contributed by atoms with Gasteiger partial charge in [0.2, 0.25) is 0 Å². The topological polar surface area (TPSA) is 29.5 Å². The number of carbonyl (C=O) groups is 1. The molecule has 0 aromatic carbocycles. The van der Waals surface area contributed by atoms with Gasteiger partial charge in [0, 0.05) is 5.54 Å². The van der Waals surface area contributed by atoms with Gasteiger partial charge in [-0.05, 0) is 32.9 Å². The van der Waals surface area contributed by atoms with Crippen molar-refractivity contribution >= 4 is 5.97 Å². The third kappa shape index (κ3) is 2.97. The van der Waals surface area contributed by atoms with Crippen LogP contribution in [-0.2, 0) is 9.53 Å². The van der Waals surface area contributed by atoms with Gasteiger partial charge >= 0.3 is 5.97 Å². The summed E-state index contributed by atoms with van der Waals surface area (Å²) in [4.78, 5) is 14.1. The van der Waals surface area contributed by atoms with Gasteiger partial charge in [0.1, 0.15) is 0 Å². The first-order valence-electron chi connectivity index (χ1n) is 6.59. The lowest BCUT2D eigenvalue weighted by Gasteiger charge is -2.39. The van der Waals surface area contributed by atoms with Crippen molar-refractivity contribution in [2.75, 3.05) is 19.7 Å². The van der Waals surface area contributed by atoms with Gasteiger partial charge in [-0.1, -0.05) is 26.7 Å². The van der Waals surface area contributed by atoms with Crippen molar-refractivity contribution in [3.63, 3.8) is 0 Å². The van der Waals surface area contributed by atoms with Crippen LogP contribution in [0.5, 0.6) is 0 Å². The van der Waals surface area contributed by atoms with Gasteiger partial charge in [0.15, 0.2) is 0 Å². The number of rotatable bonds is 6. The van der Waals surface area contributed by atoms with Gasteiger partial charge < -0.3 is 4.74 Å². The molecule has 0 bridgehead atoms. The third-order valence-corrected chi connectivity index (χ3v) is 3.75. The van der Waals surface area contributed by atoms with Crippen molar-refractivity contribution in [3.8, 4) is 0 Å². The number of carbonyl (C=O) groups excluding carboxylic acids is 1. The summed E-state index contributed by atoms with van der Waals surface area (Å²) in [7, 11) is 0. The Hall–Kier alpha value is -0.570. The summed E-state index contributed by atoms with van der Waals surface area (Å²) in [6.07, 6.45) is 5.36. The van der Waals surface area contributed by atoms with Crippen molar-refractivity contribution in [1.82, 2.24) is 4.90 Å². The second-order valence-corrected chi connectivity index (χ2v) is 4.59. The van der Waals surface area contributed by atoms with E-state index in [0.717, 1.165) is 25.9 Å². The molecule has 1 rings (SSSR count). The lowest BCUT2D eigenvalue weighted by molar-refractivity contribution is -0.146. The first-order chi connectivity index (χ1) is 7.68. The maximum atomic E-state index is 11.7. The Morgan fingerprint density at radius 2 is 1.75 bits per heavy atom. The molecule has 0 aliphatic heterocycles. The van der Waals surface area contributed by atoms with Crippen LogP contribution in [0.25, 0.3) is 0 Å². The number of esters is 1. The van der Waals surface area contributed by atoms with E-state index in [2.05, 4.69) is 18.7 Å². The molecule has 1 fully saturated rings. The Labute approximate surface area is 99.1 Å². The Morgan fingerprint density at radius 3 is 2.19 bits per heavy atom. The predicted octanol–water partition coefficient (Wildman–Crippen LogP) is 2.59. The van der Waals surface area contributed by atoms with Crippen molar-refractivity contribution < 1.29 is 9.53 Å². The van der Waals surface area contributed by atoms with Crippen LogP contribution in [0.1, 0.15) is 52.9 Å². The van der Waals surface area contributed by atoms with E-state index in [4.69, 9.17) is 4.74 Å². The minimum atomic E-state index is -0.0312. The molecule has 16 heavy (non-hydrogen) atoms. The molecule has 0 N–H and O–H groups in total. The van der Waals surface area contributed by atoms with Gasteiger partial charge in [-0.2, -0.15) is 0 Å². The molecule has 0 heterocycles. The van der Waals surface area contributed by atoms with E-state index in [1.165, 1.54) is 12.8 Å². The summed E-state index contributed by atoms with van der Waals surface area (Å²) in [6, 6.07) is 0. The van der Waals surface area contributed by atoms with E-state index in [1.54, 1.807) is 0 Å². The molecule has 0 unspecified atom stereocenters. The molecule has 0 aromatic rings. The third-order valence-electron chi connectivity index (χ3n) is 3.75. The van der Waals surface area contributed by atoms with Crippen LogP contribution < -0.4 is 0 Å². The van der Waals surface area contributed by atoms with Crippen molar-refractivity contribution in [2.24, 2.45) is 0 Å². The highest BCUT2D eigenvalue weighted by molar-refractivity contribution is 5.71. The van der Waals surface area contributed by atoms with Crippen molar-refractivity contribution in [1.29, 1.82) is 0 Å². The van der Waals surface area contributed by atoms with E-state index >= 15 is 0 Å². The summed E-state index contributed by atoms with van der Waals surface area (Å²) in [5, 5.41) is 0. The fourth-order valence-corrected chi connectivity index (χ4v) is 3.01. The first-order valence-corrected chi connectivity index (χ1v) is 6.59. The van der Waals surface area contributed by atoms with Crippen molar-refractivity contribution in [2.45, 2.75) is 58.4 Å². The number of hydrogen-bond acceptors (Lipinski definition) is 3. The normalized spacial score (nSPS) is 19.0. The fraction of sp³-hybridized carbons (Fsp3) is 0.923. The van der Waals surface area contributed by atoms with E-state index in [1.807, 2.05) is 6.92 Å². The maximum Gasteiger partial charge on any atom is 0.307 e. The highest BCUT2D eigenvalue weighted by Crippen LogP contribution is 2.38.